The van der Waals surface area contributed by atoms with E-state index in [1.165, 1.54) is 10.9 Å². The summed E-state index contributed by atoms with van der Waals surface area (Å²) in [6, 6.07) is 7.59. The van der Waals surface area contributed by atoms with E-state index in [0.29, 0.717) is 24.3 Å². The first-order valence-corrected chi connectivity index (χ1v) is 6.22. The number of hydrogen-bond donors (Lipinski definition) is 1. The van der Waals surface area contributed by atoms with Gasteiger partial charge in [0.25, 0.3) is 5.56 Å². The summed E-state index contributed by atoms with van der Waals surface area (Å²) in [4.78, 5) is 16.7. The Kier molecular flexibility index (Phi) is 3.05. The summed E-state index contributed by atoms with van der Waals surface area (Å²) in [5.41, 5.74) is 2.09. The molecule has 1 aliphatic heterocycles. The molecular formula is C14H14N2O3. The maximum Gasteiger partial charge on any atom is 0.257 e. The molecule has 0 spiro atoms. The highest BCUT2D eigenvalue weighted by molar-refractivity contribution is 5.70. The molecule has 1 aliphatic rings. The van der Waals surface area contributed by atoms with Gasteiger partial charge >= 0.3 is 0 Å². The van der Waals surface area contributed by atoms with Gasteiger partial charge in [-0.15, -0.1) is 0 Å². The number of rotatable bonds is 2. The Balaban J connectivity index is 2.21. The number of nitrogens with zero attached hydrogens (tertiary/aromatic N) is 2. The zero-order chi connectivity index (χ0) is 13.2. The van der Waals surface area contributed by atoms with Gasteiger partial charge in [-0.05, 0) is 12.1 Å². The van der Waals surface area contributed by atoms with Crippen LogP contribution in [0.1, 0.15) is 5.56 Å². The fourth-order valence-corrected chi connectivity index (χ4v) is 2.31. The minimum atomic E-state index is -0.0978. The summed E-state index contributed by atoms with van der Waals surface area (Å²) in [7, 11) is 0. The zero-order valence-electron chi connectivity index (χ0n) is 10.4. The molecule has 2 aromatic rings. The lowest BCUT2D eigenvalue weighted by molar-refractivity contribution is 0.273. The van der Waals surface area contributed by atoms with Crippen LogP contribution < -0.4 is 10.3 Å². The number of aromatic nitrogens is 2. The second-order valence-electron chi connectivity index (χ2n) is 4.39. The molecule has 0 atom stereocenters. The average Bonchev–Trinajstić information content (AvgIpc) is 2.62. The van der Waals surface area contributed by atoms with Crippen molar-refractivity contribution in [2.24, 2.45) is 0 Å². The number of fused-ring (bicyclic) bond motifs is 3. The van der Waals surface area contributed by atoms with E-state index in [-0.39, 0.29) is 18.7 Å². The molecule has 0 radical (unpaired) electrons. The predicted octanol–water partition coefficient (Wildman–Crippen LogP) is 0.838. The largest absolute Gasteiger partial charge is 0.493 e. The Morgan fingerprint density at radius 2 is 2.21 bits per heavy atom. The van der Waals surface area contributed by atoms with Crippen LogP contribution >= 0.6 is 0 Å². The smallest absolute Gasteiger partial charge is 0.257 e. The number of ether oxygens (including phenoxy) is 1. The summed E-state index contributed by atoms with van der Waals surface area (Å²) in [6.45, 7) is 0.652. The molecule has 0 saturated heterocycles. The van der Waals surface area contributed by atoms with Gasteiger partial charge in [0.15, 0.2) is 0 Å². The highest BCUT2D eigenvalue weighted by Crippen LogP contribution is 2.31. The van der Waals surface area contributed by atoms with Crippen LogP contribution in [0.2, 0.25) is 0 Å². The third-order valence-corrected chi connectivity index (χ3v) is 3.22. The van der Waals surface area contributed by atoms with E-state index in [0.717, 1.165) is 11.3 Å². The molecule has 2 heterocycles. The van der Waals surface area contributed by atoms with Gasteiger partial charge in [0.2, 0.25) is 0 Å². The van der Waals surface area contributed by atoms with Crippen LogP contribution in [0.5, 0.6) is 5.75 Å². The van der Waals surface area contributed by atoms with E-state index >= 15 is 0 Å². The molecular weight excluding hydrogens is 244 g/mol. The number of para-hydroxylation sites is 1. The van der Waals surface area contributed by atoms with Crippen LogP contribution in [-0.4, -0.2) is 27.9 Å². The third-order valence-electron chi connectivity index (χ3n) is 3.22. The molecule has 1 N–H and O–H groups in total. The van der Waals surface area contributed by atoms with E-state index in [1.807, 2.05) is 24.3 Å². The van der Waals surface area contributed by atoms with E-state index < -0.39 is 0 Å². The summed E-state index contributed by atoms with van der Waals surface area (Å²) in [6.07, 6.45) is 2.02. The summed E-state index contributed by atoms with van der Waals surface area (Å²) in [5.74, 6) is 0.757. The maximum absolute atomic E-state index is 12.3. The van der Waals surface area contributed by atoms with Gasteiger partial charge in [-0.2, -0.15) is 0 Å². The third kappa shape index (κ3) is 2.02. The second kappa shape index (κ2) is 4.85. The normalized spacial score (nSPS) is 13.1. The van der Waals surface area contributed by atoms with Crippen LogP contribution in [-0.2, 0) is 13.0 Å². The van der Waals surface area contributed by atoms with E-state index in [1.54, 1.807) is 0 Å². The standard InChI is InChI=1S/C14H14N2O3/c17-7-6-16-9-15-13-10-3-1-2-4-12(10)19-8-5-11(13)14(16)18/h1-4,9,17H,5-8H2. The van der Waals surface area contributed by atoms with Crippen molar-refractivity contribution in [2.45, 2.75) is 13.0 Å². The highest BCUT2D eigenvalue weighted by Gasteiger charge is 2.19. The lowest BCUT2D eigenvalue weighted by Gasteiger charge is -2.09. The zero-order valence-corrected chi connectivity index (χ0v) is 10.4. The van der Waals surface area contributed by atoms with Crippen molar-refractivity contribution in [3.8, 4) is 17.0 Å². The van der Waals surface area contributed by atoms with Crippen LogP contribution in [0, 0.1) is 0 Å². The summed E-state index contributed by atoms with van der Waals surface area (Å²) < 4.78 is 7.09. The van der Waals surface area contributed by atoms with E-state index in [9.17, 15) is 4.79 Å². The minimum Gasteiger partial charge on any atom is -0.493 e. The van der Waals surface area contributed by atoms with Crippen LogP contribution in [0.4, 0.5) is 0 Å². The SMILES string of the molecule is O=c1c2c(ncn1CCO)-c1ccccc1OCC2. The number of aliphatic hydroxyl groups excluding tert-OH is 1. The van der Waals surface area contributed by atoms with Crippen LogP contribution in [0.25, 0.3) is 11.3 Å². The van der Waals surface area contributed by atoms with Crippen LogP contribution in [0.3, 0.4) is 0 Å². The van der Waals surface area contributed by atoms with Crippen molar-refractivity contribution in [3.05, 3.63) is 46.5 Å². The molecule has 0 bridgehead atoms. The van der Waals surface area contributed by atoms with Crippen molar-refractivity contribution in [1.29, 1.82) is 0 Å². The molecule has 0 amide bonds. The predicted molar refractivity (Wildman–Crippen MR) is 70.2 cm³/mol. The number of aliphatic hydroxyl groups is 1. The minimum absolute atomic E-state index is 0.0759. The highest BCUT2D eigenvalue weighted by atomic mass is 16.5. The van der Waals surface area contributed by atoms with Crippen molar-refractivity contribution in [2.75, 3.05) is 13.2 Å². The number of benzene rings is 1. The van der Waals surface area contributed by atoms with Gasteiger partial charge in [-0.3, -0.25) is 9.36 Å². The Labute approximate surface area is 110 Å². The van der Waals surface area contributed by atoms with Crippen molar-refractivity contribution in [3.63, 3.8) is 0 Å². The van der Waals surface area contributed by atoms with Crippen LogP contribution in [0.15, 0.2) is 35.4 Å². The molecule has 0 aliphatic carbocycles. The maximum atomic E-state index is 12.3. The van der Waals surface area contributed by atoms with Gasteiger partial charge in [-0.1, -0.05) is 12.1 Å². The van der Waals surface area contributed by atoms with Gasteiger partial charge in [0.05, 0.1) is 31.8 Å². The molecule has 5 heteroatoms. The molecule has 0 fully saturated rings. The molecule has 5 nitrogen and oxygen atoms in total. The second-order valence-corrected chi connectivity index (χ2v) is 4.39. The fraction of sp³-hybridized carbons (Fsp3) is 0.286. The van der Waals surface area contributed by atoms with Gasteiger partial charge in [0.1, 0.15) is 5.75 Å². The fourth-order valence-electron chi connectivity index (χ4n) is 2.31. The Bertz CT molecular complexity index is 664. The van der Waals surface area contributed by atoms with E-state index in [4.69, 9.17) is 9.84 Å². The quantitative estimate of drug-likeness (QED) is 0.867. The molecule has 1 aromatic carbocycles. The lowest BCUT2D eigenvalue weighted by atomic mass is 10.1. The molecule has 0 saturated carbocycles. The topological polar surface area (TPSA) is 64.4 Å². The number of hydrogen-bond acceptors (Lipinski definition) is 4. The first-order valence-electron chi connectivity index (χ1n) is 6.22. The summed E-state index contributed by atoms with van der Waals surface area (Å²) in [5, 5.41) is 8.95. The van der Waals surface area contributed by atoms with Crippen molar-refractivity contribution >= 4 is 0 Å². The monoisotopic (exact) mass is 258 g/mol. The Hall–Kier alpha value is -2.14. The lowest BCUT2D eigenvalue weighted by Crippen LogP contribution is -2.26. The first kappa shape index (κ1) is 11.9. The molecule has 0 unspecified atom stereocenters. The average molecular weight is 258 g/mol. The molecule has 1 aromatic heterocycles. The molecule has 98 valence electrons. The van der Waals surface area contributed by atoms with Gasteiger partial charge in [-0.25, -0.2) is 4.98 Å². The Morgan fingerprint density at radius 1 is 1.37 bits per heavy atom. The molecule has 3 rings (SSSR count). The molecule has 19 heavy (non-hydrogen) atoms. The van der Waals surface area contributed by atoms with Gasteiger partial charge in [0, 0.05) is 17.5 Å². The van der Waals surface area contributed by atoms with Crippen molar-refractivity contribution in [1.82, 2.24) is 9.55 Å². The Morgan fingerprint density at radius 3 is 3.05 bits per heavy atom. The van der Waals surface area contributed by atoms with E-state index in [2.05, 4.69) is 4.98 Å². The summed E-state index contributed by atoms with van der Waals surface area (Å²) >= 11 is 0. The first-order chi connectivity index (χ1) is 9.31. The van der Waals surface area contributed by atoms with Crippen molar-refractivity contribution < 1.29 is 9.84 Å². The van der Waals surface area contributed by atoms with Gasteiger partial charge < -0.3 is 9.84 Å².